The fourth-order valence-electron chi connectivity index (χ4n) is 1.31. The summed E-state index contributed by atoms with van der Waals surface area (Å²) in [6, 6.07) is 0. The van der Waals surface area contributed by atoms with Gasteiger partial charge in [-0.15, -0.1) is 82.3 Å². The van der Waals surface area contributed by atoms with Crippen LogP contribution in [-0.2, 0) is 15.6 Å². The van der Waals surface area contributed by atoms with Gasteiger partial charge in [-0.25, -0.2) is 0 Å². The molecule has 0 aromatic heterocycles. The first-order chi connectivity index (χ1) is 14.2. The number of aliphatic hydroxyl groups excluding tert-OH is 1. The minimum absolute atomic E-state index is 0.216. The maximum absolute atomic E-state index is 11.8. The van der Waals surface area contributed by atoms with Gasteiger partial charge in [-0.2, -0.15) is 23.5 Å². The minimum Gasteiger partial charge on any atom is -0.396 e. The zero-order valence-electron chi connectivity index (χ0n) is 16.4. The topological polar surface area (TPSA) is 54.4 Å². The fraction of sp³-hybridized carbons (Fsp3) is 0.933. The molecule has 0 radical (unpaired) electrons. The molecule has 0 saturated carbocycles. The second-order valence-electron chi connectivity index (χ2n) is 4.80. The van der Waals surface area contributed by atoms with E-state index in [2.05, 4.69) is 6.26 Å². The van der Waals surface area contributed by atoms with E-state index in [1.807, 2.05) is 70.6 Å². The summed E-state index contributed by atoms with van der Waals surface area (Å²) in [4.78, 5) is 11.8. The molecule has 0 amide bonds. The summed E-state index contributed by atoms with van der Waals surface area (Å²) in [5.74, 6) is 3.08. The summed E-state index contributed by atoms with van der Waals surface area (Å²) in [5, 5.41) is 16.7. The van der Waals surface area contributed by atoms with Crippen LogP contribution in [0.1, 0.15) is 0 Å². The summed E-state index contributed by atoms with van der Waals surface area (Å²) in [6.07, 6.45) is 2.11. The van der Waals surface area contributed by atoms with Gasteiger partial charge in [0, 0.05) is 63.7 Å². The smallest absolute Gasteiger partial charge is 0.199 e. The zero-order valence-corrected chi connectivity index (χ0v) is 25.4. The van der Waals surface area contributed by atoms with Crippen molar-refractivity contribution in [1.29, 1.82) is 0 Å². The standard InChI is InChI=1S/C15H30O3S11/c1-19-7-23-11-26-13-28-15(17)6-22-10-25-12-24-8-21-4-5-29(18)14-27-9-20-3-2-16/h16H,2-14H2,1H3. The van der Waals surface area contributed by atoms with Gasteiger partial charge in [0.2, 0.25) is 0 Å². The van der Waals surface area contributed by atoms with Crippen LogP contribution in [0, 0.1) is 0 Å². The molecule has 0 aromatic carbocycles. The predicted octanol–water partition coefficient (Wildman–Crippen LogP) is 5.88. The molecule has 14 heteroatoms. The third kappa shape index (κ3) is 27.4. The van der Waals surface area contributed by atoms with Crippen molar-refractivity contribution in [2.75, 3.05) is 76.6 Å². The van der Waals surface area contributed by atoms with E-state index in [0.717, 1.165) is 52.9 Å². The van der Waals surface area contributed by atoms with Gasteiger partial charge < -0.3 is 5.11 Å². The van der Waals surface area contributed by atoms with E-state index in [0.29, 0.717) is 16.0 Å². The van der Waals surface area contributed by atoms with Crippen molar-refractivity contribution in [1.82, 2.24) is 0 Å². The number of aliphatic hydroxyl groups is 1. The van der Waals surface area contributed by atoms with Crippen LogP contribution in [0.5, 0.6) is 0 Å². The summed E-state index contributed by atoms with van der Waals surface area (Å²) in [5.41, 5.74) is 0. The minimum atomic E-state index is -0.736. The Kier molecular flexibility index (Phi) is 30.6. The van der Waals surface area contributed by atoms with E-state index < -0.39 is 10.8 Å². The second kappa shape index (κ2) is 27.5. The highest BCUT2D eigenvalue weighted by atomic mass is 32.3. The number of carbonyl (C=O) groups is 1. The molecule has 174 valence electrons. The number of carbonyl (C=O) groups excluding carboxylic acids is 1. The Labute approximate surface area is 221 Å². The number of rotatable bonds is 23. The van der Waals surface area contributed by atoms with Gasteiger partial charge >= 0.3 is 0 Å². The zero-order chi connectivity index (χ0) is 21.4. The monoisotopic (exact) mass is 610 g/mol. The van der Waals surface area contributed by atoms with Crippen LogP contribution in [0.4, 0.5) is 0 Å². The Balaban J connectivity index is 3.23. The van der Waals surface area contributed by atoms with Gasteiger partial charge in [-0.05, 0) is 6.26 Å². The Morgan fingerprint density at radius 2 is 1.34 bits per heavy atom. The van der Waals surface area contributed by atoms with E-state index in [1.54, 1.807) is 35.3 Å². The predicted molar refractivity (Wildman–Crippen MR) is 160 cm³/mol. The Morgan fingerprint density at radius 3 is 2.07 bits per heavy atom. The van der Waals surface area contributed by atoms with Crippen molar-refractivity contribution in [3.8, 4) is 0 Å². The highest BCUT2D eigenvalue weighted by Gasteiger charge is 2.04. The van der Waals surface area contributed by atoms with Crippen molar-refractivity contribution in [3.63, 3.8) is 0 Å². The van der Waals surface area contributed by atoms with Crippen LogP contribution in [0.15, 0.2) is 0 Å². The molecule has 0 heterocycles. The Bertz CT molecular complexity index is 391. The van der Waals surface area contributed by atoms with Crippen LogP contribution in [0.2, 0.25) is 0 Å². The molecular weight excluding hydrogens is 581 g/mol. The molecule has 0 aliphatic carbocycles. The van der Waals surface area contributed by atoms with Crippen LogP contribution in [0.25, 0.3) is 0 Å². The van der Waals surface area contributed by atoms with Gasteiger partial charge in [0.25, 0.3) is 0 Å². The maximum Gasteiger partial charge on any atom is 0.199 e. The van der Waals surface area contributed by atoms with Crippen LogP contribution in [0.3, 0.4) is 0 Å². The first-order valence-corrected chi connectivity index (χ1v) is 21.5. The average molecular weight is 611 g/mol. The van der Waals surface area contributed by atoms with Gasteiger partial charge in [0.05, 0.1) is 17.4 Å². The first kappa shape index (κ1) is 32.3. The molecule has 0 rings (SSSR count). The molecule has 0 aliphatic heterocycles. The number of hydrogen-bond donors (Lipinski definition) is 1. The van der Waals surface area contributed by atoms with E-state index in [4.69, 9.17) is 5.11 Å². The van der Waals surface area contributed by atoms with Crippen LogP contribution >= 0.6 is 118 Å². The highest BCUT2D eigenvalue weighted by Crippen LogP contribution is 2.24. The highest BCUT2D eigenvalue weighted by molar-refractivity contribution is 8.30. The number of hydrogen-bond acceptors (Lipinski definition) is 13. The molecule has 3 nitrogen and oxygen atoms in total. The lowest BCUT2D eigenvalue weighted by molar-refractivity contribution is -0.108. The van der Waals surface area contributed by atoms with Gasteiger partial charge in [-0.3, -0.25) is 9.00 Å². The lowest BCUT2D eigenvalue weighted by Crippen LogP contribution is -2.03. The fourth-order valence-corrected chi connectivity index (χ4v) is 14.2. The quantitative estimate of drug-likeness (QED) is 0.111. The molecule has 0 spiro atoms. The SMILES string of the molecule is CSCSCSCSC(=O)CSCSCSCSCCS(=O)CSCSCCO. The number of thioether (sulfide) groups is 10. The van der Waals surface area contributed by atoms with E-state index in [-0.39, 0.29) is 6.61 Å². The molecule has 29 heavy (non-hydrogen) atoms. The maximum atomic E-state index is 11.8. The molecular formula is C15H30O3S11. The summed E-state index contributed by atoms with van der Waals surface area (Å²) in [6.45, 7) is 0.216. The van der Waals surface area contributed by atoms with Crippen molar-refractivity contribution < 1.29 is 14.1 Å². The molecule has 1 N–H and O–H groups in total. The third-order valence-corrected chi connectivity index (χ3v) is 16.6. The van der Waals surface area contributed by atoms with Crippen molar-refractivity contribution >= 4 is 134 Å². The van der Waals surface area contributed by atoms with Crippen molar-refractivity contribution in [2.45, 2.75) is 0 Å². The molecule has 0 aliphatic rings. The van der Waals surface area contributed by atoms with Crippen LogP contribution in [-0.4, -0.2) is 91.0 Å². The second-order valence-corrected chi connectivity index (χ2v) is 19.3. The lowest BCUT2D eigenvalue weighted by Gasteiger charge is -2.04. The van der Waals surface area contributed by atoms with Crippen molar-refractivity contribution in [3.05, 3.63) is 0 Å². The van der Waals surface area contributed by atoms with Gasteiger partial charge in [0.15, 0.2) is 5.12 Å². The molecule has 0 bridgehead atoms. The van der Waals surface area contributed by atoms with E-state index in [1.165, 1.54) is 11.8 Å². The molecule has 0 fully saturated rings. The van der Waals surface area contributed by atoms with E-state index >= 15 is 0 Å². The average Bonchev–Trinajstić information content (AvgIpc) is 2.71. The summed E-state index contributed by atoms with van der Waals surface area (Å²) in [7, 11) is -0.736. The van der Waals surface area contributed by atoms with Gasteiger partial charge in [0.1, 0.15) is 0 Å². The normalized spacial score (nSPS) is 12.3. The lowest BCUT2D eigenvalue weighted by atomic mass is 10.9. The van der Waals surface area contributed by atoms with Crippen LogP contribution < -0.4 is 0 Å². The Morgan fingerprint density at radius 1 is 0.759 bits per heavy atom. The van der Waals surface area contributed by atoms with Crippen molar-refractivity contribution in [2.24, 2.45) is 0 Å². The molecule has 0 aromatic rings. The van der Waals surface area contributed by atoms with Gasteiger partial charge in [-0.1, -0.05) is 11.8 Å². The van der Waals surface area contributed by atoms with E-state index in [9.17, 15) is 9.00 Å². The summed E-state index contributed by atoms with van der Waals surface area (Å²) >= 11 is 17.8. The third-order valence-electron chi connectivity index (χ3n) is 2.46. The molecule has 1 atom stereocenters. The molecule has 1 unspecified atom stereocenters. The molecule has 0 saturated heterocycles. The Hall–Kier alpha value is 3.28. The largest absolute Gasteiger partial charge is 0.396 e. The summed E-state index contributed by atoms with van der Waals surface area (Å²) < 4.78 is 11.8. The first-order valence-electron chi connectivity index (χ1n) is 8.43.